The highest BCUT2D eigenvalue weighted by molar-refractivity contribution is 7.92. The molecule has 0 fully saturated rings. The summed E-state index contributed by atoms with van der Waals surface area (Å²) in [5.41, 5.74) is 1.93. The lowest BCUT2D eigenvalue weighted by atomic mass is 10.1. The molecule has 0 heterocycles. The Labute approximate surface area is 156 Å². The van der Waals surface area contributed by atoms with E-state index in [1.54, 1.807) is 19.1 Å². The van der Waals surface area contributed by atoms with Crippen molar-refractivity contribution < 1.29 is 13.2 Å². The summed E-state index contributed by atoms with van der Waals surface area (Å²) in [6.45, 7) is 3.09. The minimum atomic E-state index is -4.04. The predicted molar refractivity (Wildman–Crippen MR) is 97.8 cm³/mol. The van der Waals surface area contributed by atoms with Gasteiger partial charge in [-0.3, -0.25) is 9.10 Å². The van der Waals surface area contributed by atoms with Crippen LogP contribution in [-0.4, -0.2) is 20.2 Å². The van der Waals surface area contributed by atoms with E-state index in [1.807, 2.05) is 13.0 Å². The summed E-state index contributed by atoms with van der Waals surface area (Å²) in [6.07, 6.45) is 0. The molecular weight excluding hydrogens is 393 g/mol. The molecule has 0 aromatic heterocycles. The molecule has 0 aliphatic rings. The highest BCUT2D eigenvalue weighted by atomic mass is 35.5. The Hall–Kier alpha value is -1.27. The van der Waals surface area contributed by atoms with Crippen molar-refractivity contribution in [1.82, 2.24) is 0 Å². The lowest BCUT2D eigenvalue weighted by Gasteiger charge is -2.25. The van der Waals surface area contributed by atoms with Crippen LogP contribution in [0.5, 0.6) is 0 Å². The van der Waals surface area contributed by atoms with Gasteiger partial charge in [0.05, 0.1) is 20.6 Å². The van der Waals surface area contributed by atoms with Gasteiger partial charge in [-0.15, -0.1) is 0 Å². The molecule has 0 aliphatic carbocycles. The first kappa shape index (κ1) is 19.1. The average molecular weight is 407 g/mol. The van der Waals surface area contributed by atoms with Crippen LogP contribution in [0.2, 0.25) is 10.0 Å². The first-order valence-electron chi connectivity index (χ1n) is 6.86. The number of hydrogen-bond acceptors (Lipinski definition) is 3. The van der Waals surface area contributed by atoms with Gasteiger partial charge >= 0.3 is 0 Å². The van der Waals surface area contributed by atoms with Crippen molar-refractivity contribution in [3.8, 4) is 0 Å². The summed E-state index contributed by atoms with van der Waals surface area (Å²) in [4.78, 5) is 11.4. The van der Waals surface area contributed by atoms with Crippen molar-refractivity contribution in [1.29, 1.82) is 0 Å². The van der Waals surface area contributed by atoms with Gasteiger partial charge in [0.15, 0.2) is 0 Å². The maximum atomic E-state index is 13.0. The number of hydrogen-bond donors (Lipinski definition) is 0. The van der Waals surface area contributed by atoms with Crippen molar-refractivity contribution in [2.24, 2.45) is 0 Å². The molecule has 128 valence electrons. The quantitative estimate of drug-likeness (QED) is 0.683. The number of anilines is 1. The van der Waals surface area contributed by atoms with Crippen molar-refractivity contribution >= 4 is 55.8 Å². The van der Waals surface area contributed by atoms with Gasteiger partial charge in [0, 0.05) is 0 Å². The lowest BCUT2D eigenvalue weighted by molar-refractivity contribution is -0.110. The Balaban J connectivity index is 2.64. The fourth-order valence-corrected chi connectivity index (χ4v) is 4.22. The number of aryl methyl sites for hydroxylation is 2. The number of sulfonamides is 1. The molecule has 0 atom stereocenters. The second-order valence-corrected chi connectivity index (χ2v) is 8.33. The number of carbonyl (C=O) groups excluding carboxylic acids is 1. The number of halogens is 3. The van der Waals surface area contributed by atoms with E-state index < -0.39 is 21.8 Å². The largest absolute Gasteiger partial charge is 0.279 e. The van der Waals surface area contributed by atoms with Crippen LogP contribution in [0.4, 0.5) is 5.69 Å². The second-order valence-electron chi connectivity index (χ2n) is 5.23. The Morgan fingerprint density at radius 1 is 1.04 bits per heavy atom. The van der Waals surface area contributed by atoms with Crippen LogP contribution < -0.4 is 4.31 Å². The molecule has 0 radical (unpaired) electrons. The lowest BCUT2D eigenvalue weighted by Crippen LogP contribution is -2.35. The fourth-order valence-electron chi connectivity index (χ4n) is 2.17. The van der Waals surface area contributed by atoms with E-state index in [-0.39, 0.29) is 14.9 Å². The number of rotatable bonds is 5. The number of nitrogens with zero attached hydrogens (tertiary/aromatic N) is 1. The van der Waals surface area contributed by atoms with Crippen molar-refractivity contribution in [3.63, 3.8) is 0 Å². The zero-order chi connectivity index (χ0) is 18.1. The van der Waals surface area contributed by atoms with E-state index >= 15 is 0 Å². The highest BCUT2D eigenvalue weighted by Gasteiger charge is 2.28. The van der Waals surface area contributed by atoms with Gasteiger partial charge in [0.1, 0.15) is 6.54 Å². The Kier molecular flexibility index (Phi) is 5.81. The number of benzene rings is 2. The predicted octanol–water partition coefficient (Wildman–Crippen LogP) is 4.57. The molecule has 2 rings (SSSR count). The minimum absolute atomic E-state index is 0.0734. The van der Waals surface area contributed by atoms with E-state index in [4.69, 9.17) is 34.8 Å². The maximum Gasteiger partial charge on any atom is 0.264 e. The summed E-state index contributed by atoms with van der Waals surface area (Å²) in [5.74, 6) is 0. The molecule has 2 aromatic carbocycles. The van der Waals surface area contributed by atoms with Crippen LogP contribution >= 0.6 is 34.8 Å². The average Bonchev–Trinajstić information content (AvgIpc) is 2.50. The van der Waals surface area contributed by atoms with Crippen LogP contribution in [0.15, 0.2) is 41.3 Å². The minimum Gasteiger partial charge on any atom is -0.279 e. The van der Waals surface area contributed by atoms with Crippen molar-refractivity contribution in [3.05, 3.63) is 57.6 Å². The molecule has 4 nitrogen and oxygen atoms in total. The van der Waals surface area contributed by atoms with Gasteiger partial charge in [0.2, 0.25) is 5.24 Å². The zero-order valence-corrected chi connectivity index (χ0v) is 16.0. The molecule has 0 unspecified atom stereocenters. The topological polar surface area (TPSA) is 54.5 Å². The molecule has 8 heteroatoms. The van der Waals surface area contributed by atoms with Crippen LogP contribution in [0, 0.1) is 13.8 Å². The second kappa shape index (κ2) is 7.31. The summed E-state index contributed by atoms with van der Waals surface area (Å²) < 4.78 is 27.0. The molecule has 24 heavy (non-hydrogen) atoms. The van der Waals surface area contributed by atoms with Gasteiger partial charge in [-0.05, 0) is 60.8 Å². The SMILES string of the molecule is Cc1ccc(C)c(N(CC(=O)Cl)S(=O)(=O)c2ccc(Cl)c(Cl)c2)c1. The fraction of sp³-hybridized carbons (Fsp3) is 0.188. The maximum absolute atomic E-state index is 13.0. The molecular formula is C16H14Cl3NO3S. The van der Waals surface area contributed by atoms with Crippen LogP contribution in [0.25, 0.3) is 0 Å². The van der Waals surface area contributed by atoms with E-state index in [1.165, 1.54) is 18.2 Å². The van der Waals surface area contributed by atoms with Crippen LogP contribution in [-0.2, 0) is 14.8 Å². The highest BCUT2D eigenvalue weighted by Crippen LogP contribution is 2.31. The molecule has 0 aliphatic heterocycles. The van der Waals surface area contributed by atoms with E-state index in [9.17, 15) is 13.2 Å². The Bertz CT molecular complexity index is 897. The van der Waals surface area contributed by atoms with Gasteiger partial charge in [-0.25, -0.2) is 8.42 Å². The molecule has 0 saturated heterocycles. The standard InChI is InChI=1S/C16H14Cl3NO3S/c1-10-3-4-11(2)15(7-10)20(9-16(19)21)24(22,23)12-5-6-13(17)14(18)8-12/h3-8H,9H2,1-2H3. The third kappa shape index (κ3) is 4.03. The normalized spacial score (nSPS) is 11.4. The molecule has 0 bridgehead atoms. The third-order valence-electron chi connectivity index (χ3n) is 3.38. The molecule has 0 amide bonds. The number of carbonyl (C=O) groups is 1. The molecule has 0 spiro atoms. The zero-order valence-electron chi connectivity index (χ0n) is 12.9. The summed E-state index contributed by atoms with van der Waals surface area (Å²) in [5, 5.41) is -0.447. The van der Waals surface area contributed by atoms with Crippen LogP contribution in [0.1, 0.15) is 11.1 Å². The van der Waals surface area contributed by atoms with E-state index in [0.717, 1.165) is 9.87 Å². The van der Waals surface area contributed by atoms with Gasteiger partial charge in [-0.2, -0.15) is 0 Å². The van der Waals surface area contributed by atoms with Gasteiger partial charge in [0.25, 0.3) is 10.0 Å². The van der Waals surface area contributed by atoms with Gasteiger partial charge in [-0.1, -0.05) is 35.3 Å². The molecule has 2 aromatic rings. The van der Waals surface area contributed by atoms with Crippen LogP contribution in [0.3, 0.4) is 0 Å². The Morgan fingerprint density at radius 2 is 1.71 bits per heavy atom. The summed E-state index contributed by atoms with van der Waals surface area (Å²) >= 11 is 17.2. The molecule has 0 saturated carbocycles. The Morgan fingerprint density at radius 3 is 2.29 bits per heavy atom. The summed E-state index contributed by atoms with van der Waals surface area (Å²) in [7, 11) is -4.04. The monoisotopic (exact) mass is 405 g/mol. The third-order valence-corrected chi connectivity index (χ3v) is 5.99. The first-order chi connectivity index (χ1) is 11.1. The van der Waals surface area contributed by atoms with Crippen molar-refractivity contribution in [2.75, 3.05) is 10.8 Å². The molecule has 0 N–H and O–H groups in total. The van der Waals surface area contributed by atoms with Gasteiger partial charge < -0.3 is 0 Å². The first-order valence-corrected chi connectivity index (χ1v) is 9.43. The van der Waals surface area contributed by atoms with E-state index in [0.29, 0.717) is 11.3 Å². The van der Waals surface area contributed by atoms with Crippen molar-refractivity contribution in [2.45, 2.75) is 18.7 Å². The smallest absolute Gasteiger partial charge is 0.264 e. The van der Waals surface area contributed by atoms with E-state index in [2.05, 4.69) is 0 Å². The summed E-state index contributed by atoms with van der Waals surface area (Å²) in [6, 6.07) is 9.29.